The van der Waals surface area contributed by atoms with Crippen LogP contribution in [0.1, 0.15) is 19.8 Å². The van der Waals surface area contributed by atoms with Crippen LogP contribution in [-0.4, -0.2) is 26.2 Å². The predicted octanol–water partition coefficient (Wildman–Crippen LogP) is 0.847. The van der Waals surface area contributed by atoms with Crippen LogP contribution in [0.25, 0.3) is 0 Å². The van der Waals surface area contributed by atoms with Crippen LogP contribution in [-0.2, 0) is 10.0 Å². The Morgan fingerprint density at radius 2 is 2.17 bits per heavy atom. The summed E-state index contributed by atoms with van der Waals surface area (Å²) in [6.45, 7) is 1.62. The summed E-state index contributed by atoms with van der Waals surface area (Å²) in [5.74, 6) is -0.878. The molecule has 0 radical (unpaired) electrons. The van der Waals surface area contributed by atoms with Crippen LogP contribution in [0.4, 0.5) is 10.1 Å². The molecule has 0 aliphatic carbocycles. The first-order valence-corrected chi connectivity index (χ1v) is 7.04. The van der Waals surface area contributed by atoms with Crippen LogP contribution in [0, 0.1) is 5.82 Å². The van der Waals surface area contributed by atoms with Crippen molar-refractivity contribution in [2.45, 2.75) is 30.7 Å². The van der Waals surface area contributed by atoms with Crippen LogP contribution in [0.5, 0.6) is 0 Å². The first-order chi connectivity index (χ1) is 8.38. The minimum Gasteiger partial charge on any atom is -0.398 e. The zero-order valence-corrected chi connectivity index (χ0v) is 10.9. The normalized spacial score (nSPS) is 13.5. The Hall–Kier alpha value is -1.18. The van der Waals surface area contributed by atoms with Crippen molar-refractivity contribution in [1.29, 1.82) is 0 Å². The molecule has 0 saturated carbocycles. The number of sulfonamides is 1. The minimum atomic E-state index is -3.98. The Morgan fingerprint density at radius 1 is 1.50 bits per heavy atom. The highest BCUT2D eigenvalue weighted by Crippen LogP contribution is 2.21. The molecule has 0 saturated heterocycles. The maximum atomic E-state index is 13.5. The van der Waals surface area contributed by atoms with E-state index < -0.39 is 26.8 Å². The highest BCUT2D eigenvalue weighted by Gasteiger charge is 2.23. The van der Waals surface area contributed by atoms with E-state index in [1.54, 1.807) is 6.92 Å². The smallest absolute Gasteiger partial charge is 0.245 e. The van der Waals surface area contributed by atoms with Gasteiger partial charge < -0.3 is 10.8 Å². The van der Waals surface area contributed by atoms with Crippen molar-refractivity contribution in [3.8, 4) is 0 Å². The molecule has 0 bridgehead atoms. The second kappa shape index (κ2) is 6.12. The number of nitrogens with two attached hydrogens (primary N) is 1. The molecule has 1 aromatic rings. The summed E-state index contributed by atoms with van der Waals surface area (Å²) in [6, 6.07) is 3.32. The summed E-state index contributed by atoms with van der Waals surface area (Å²) in [4.78, 5) is -0.527. The van der Waals surface area contributed by atoms with Crippen molar-refractivity contribution in [2.24, 2.45) is 0 Å². The third-order valence-corrected chi connectivity index (χ3v) is 4.10. The lowest BCUT2D eigenvalue weighted by Crippen LogP contribution is -2.33. The highest BCUT2D eigenvalue weighted by atomic mass is 32.2. The Morgan fingerprint density at radius 3 is 2.72 bits per heavy atom. The molecule has 1 unspecified atom stereocenters. The molecular formula is C11H17FN2O3S. The van der Waals surface area contributed by atoms with Crippen molar-refractivity contribution in [3.05, 3.63) is 24.0 Å². The number of hydrogen-bond donors (Lipinski definition) is 3. The van der Waals surface area contributed by atoms with E-state index in [1.807, 2.05) is 0 Å². The fourth-order valence-corrected chi connectivity index (χ4v) is 3.06. The van der Waals surface area contributed by atoms with Gasteiger partial charge in [-0.25, -0.2) is 17.5 Å². The van der Waals surface area contributed by atoms with Gasteiger partial charge in [0.1, 0.15) is 10.7 Å². The van der Waals surface area contributed by atoms with Crippen molar-refractivity contribution in [1.82, 2.24) is 4.72 Å². The van der Waals surface area contributed by atoms with Gasteiger partial charge in [-0.2, -0.15) is 0 Å². The van der Waals surface area contributed by atoms with Crippen LogP contribution in [0.3, 0.4) is 0 Å². The summed E-state index contributed by atoms with van der Waals surface area (Å²) in [7, 11) is -3.98. The summed E-state index contributed by atoms with van der Waals surface area (Å²) in [5.41, 5.74) is 5.36. The molecule has 0 heterocycles. The van der Waals surface area contributed by atoms with E-state index >= 15 is 0 Å². The van der Waals surface area contributed by atoms with E-state index in [0.29, 0.717) is 12.8 Å². The SMILES string of the molecule is CC(CCCO)NS(=O)(=O)c1c(N)cccc1F. The molecule has 0 aliphatic heterocycles. The maximum Gasteiger partial charge on any atom is 0.245 e. The van der Waals surface area contributed by atoms with E-state index in [-0.39, 0.29) is 12.3 Å². The number of aliphatic hydroxyl groups is 1. The Bertz CT molecular complexity index is 485. The molecule has 1 aromatic carbocycles. The Kier molecular flexibility index (Phi) is 5.06. The average molecular weight is 276 g/mol. The van der Waals surface area contributed by atoms with Gasteiger partial charge in [0, 0.05) is 12.6 Å². The molecule has 5 nitrogen and oxygen atoms in total. The third-order valence-electron chi connectivity index (χ3n) is 2.42. The fourth-order valence-electron chi connectivity index (χ4n) is 1.59. The first-order valence-electron chi connectivity index (χ1n) is 5.55. The number of halogens is 1. The zero-order valence-electron chi connectivity index (χ0n) is 10.1. The number of rotatable bonds is 6. The molecule has 0 aromatic heterocycles. The van der Waals surface area contributed by atoms with Crippen LogP contribution >= 0.6 is 0 Å². The van der Waals surface area contributed by atoms with Crippen molar-refractivity contribution in [3.63, 3.8) is 0 Å². The summed E-state index contributed by atoms with van der Waals surface area (Å²) in [6.07, 6.45) is 0.931. The largest absolute Gasteiger partial charge is 0.398 e. The van der Waals surface area contributed by atoms with E-state index in [1.165, 1.54) is 12.1 Å². The number of nitrogen functional groups attached to an aromatic ring is 1. The number of anilines is 1. The molecule has 1 rings (SSSR count). The van der Waals surface area contributed by atoms with E-state index in [2.05, 4.69) is 4.72 Å². The van der Waals surface area contributed by atoms with Gasteiger partial charge in [-0.15, -0.1) is 0 Å². The Balaban J connectivity index is 2.93. The number of benzene rings is 1. The first kappa shape index (κ1) is 14.9. The van der Waals surface area contributed by atoms with Gasteiger partial charge in [0.2, 0.25) is 10.0 Å². The van der Waals surface area contributed by atoms with Gasteiger partial charge in [0.05, 0.1) is 5.69 Å². The Labute approximate surface area is 106 Å². The second-order valence-electron chi connectivity index (χ2n) is 4.05. The number of nitrogens with one attached hydrogen (secondary N) is 1. The minimum absolute atomic E-state index is 0.0199. The summed E-state index contributed by atoms with van der Waals surface area (Å²) < 4.78 is 39.7. The van der Waals surface area contributed by atoms with Gasteiger partial charge in [-0.1, -0.05) is 6.07 Å². The maximum absolute atomic E-state index is 13.5. The van der Waals surface area contributed by atoms with Crippen LogP contribution in [0.15, 0.2) is 23.1 Å². The molecule has 1 atom stereocenters. The highest BCUT2D eigenvalue weighted by molar-refractivity contribution is 7.89. The molecule has 0 amide bonds. The number of hydrogen-bond acceptors (Lipinski definition) is 4. The van der Waals surface area contributed by atoms with E-state index in [9.17, 15) is 12.8 Å². The lowest BCUT2D eigenvalue weighted by Gasteiger charge is -2.15. The molecule has 0 fully saturated rings. The lowest BCUT2D eigenvalue weighted by atomic mass is 10.2. The molecular weight excluding hydrogens is 259 g/mol. The molecule has 4 N–H and O–H groups in total. The second-order valence-corrected chi connectivity index (χ2v) is 5.70. The number of aliphatic hydroxyl groups excluding tert-OH is 1. The van der Waals surface area contributed by atoms with Gasteiger partial charge in [-0.3, -0.25) is 0 Å². The van der Waals surface area contributed by atoms with Crippen LogP contribution < -0.4 is 10.5 Å². The fraction of sp³-hybridized carbons (Fsp3) is 0.455. The third kappa shape index (κ3) is 3.66. The zero-order chi connectivity index (χ0) is 13.8. The lowest BCUT2D eigenvalue weighted by molar-refractivity contribution is 0.279. The van der Waals surface area contributed by atoms with Crippen molar-refractivity contribution >= 4 is 15.7 Å². The predicted molar refractivity (Wildman–Crippen MR) is 66.9 cm³/mol. The molecule has 102 valence electrons. The van der Waals surface area contributed by atoms with Gasteiger partial charge in [-0.05, 0) is 31.9 Å². The van der Waals surface area contributed by atoms with Crippen molar-refractivity contribution < 1.29 is 17.9 Å². The summed E-state index contributed by atoms with van der Waals surface area (Å²) >= 11 is 0. The van der Waals surface area contributed by atoms with E-state index in [0.717, 1.165) is 6.07 Å². The van der Waals surface area contributed by atoms with E-state index in [4.69, 9.17) is 10.8 Å². The average Bonchev–Trinajstić information content (AvgIpc) is 2.25. The standard InChI is InChI=1S/C11H17FN2O3S/c1-8(4-3-7-15)14-18(16,17)11-9(12)5-2-6-10(11)13/h2,5-6,8,14-15H,3-4,7,13H2,1H3. The monoisotopic (exact) mass is 276 g/mol. The van der Waals surface area contributed by atoms with Crippen molar-refractivity contribution in [2.75, 3.05) is 12.3 Å². The van der Waals surface area contributed by atoms with Crippen LogP contribution in [0.2, 0.25) is 0 Å². The molecule has 0 aliphatic rings. The quantitative estimate of drug-likeness (QED) is 0.671. The molecule has 7 heteroatoms. The summed E-state index contributed by atoms with van der Waals surface area (Å²) in [5, 5.41) is 8.66. The molecule has 0 spiro atoms. The topological polar surface area (TPSA) is 92.4 Å². The van der Waals surface area contributed by atoms with Gasteiger partial charge in [0.25, 0.3) is 0 Å². The van der Waals surface area contributed by atoms with Gasteiger partial charge in [0.15, 0.2) is 0 Å². The molecule has 18 heavy (non-hydrogen) atoms. The van der Waals surface area contributed by atoms with Gasteiger partial charge >= 0.3 is 0 Å².